The maximum atomic E-state index is 13.5. The number of fused-ring (bicyclic) bond motifs is 1. The summed E-state index contributed by atoms with van der Waals surface area (Å²) in [5.41, 5.74) is 1.58. The summed E-state index contributed by atoms with van der Waals surface area (Å²) in [6.07, 6.45) is 0. The first kappa shape index (κ1) is 12.7. The third-order valence-electron chi connectivity index (χ3n) is 3.09. The summed E-state index contributed by atoms with van der Waals surface area (Å²) in [7, 11) is 0. The van der Waals surface area contributed by atoms with E-state index in [9.17, 15) is 9.18 Å². The number of para-hydroxylation sites is 1. The number of nitrogens with zero attached hydrogens (tertiary/aromatic N) is 1. The molecule has 0 aliphatic rings. The molecule has 0 aliphatic heterocycles. The fraction of sp³-hybridized carbons (Fsp3) is 0.0667. The Morgan fingerprint density at radius 3 is 2.70 bits per heavy atom. The molecule has 3 nitrogen and oxygen atoms in total. The van der Waals surface area contributed by atoms with E-state index in [2.05, 4.69) is 4.98 Å². The van der Waals surface area contributed by atoms with Crippen molar-refractivity contribution in [1.29, 1.82) is 0 Å². The fourth-order valence-corrected chi connectivity index (χ4v) is 2.54. The van der Waals surface area contributed by atoms with Gasteiger partial charge in [0, 0.05) is 0 Å². The van der Waals surface area contributed by atoms with Gasteiger partial charge >= 0.3 is 0 Å². The first-order valence-electron chi connectivity index (χ1n) is 6.08. The predicted octanol–water partition coefficient (Wildman–Crippen LogP) is 3.50. The molecule has 0 radical (unpaired) electrons. The van der Waals surface area contributed by atoms with Crippen LogP contribution in [0.1, 0.15) is 5.56 Å². The van der Waals surface area contributed by atoms with Gasteiger partial charge in [-0.05, 0) is 55.0 Å². The molecule has 0 unspecified atom stereocenters. The minimum atomic E-state index is -0.394. The molecule has 0 amide bonds. The zero-order valence-electron chi connectivity index (χ0n) is 10.7. The van der Waals surface area contributed by atoms with Crippen molar-refractivity contribution in [2.24, 2.45) is 0 Å². The highest BCUT2D eigenvalue weighted by molar-refractivity contribution is 7.71. The molecule has 20 heavy (non-hydrogen) atoms. The number of nitrogens with one attached hydrogen (secondary N) is 1. The summed E-state index contributed by atoms with van der Waals surface area (Å²) in [6, 6.07) is 11.5. The lowest BCUT2D eigenvalue weighted by molar-refractivity contribution is 0.625. The van der Waals surface area contributed by atoms with E-state index < -0.39 is 5.82 Å². The van der Waals surface area contributed by atoms with Crippen molar-refractivity contribution in [3.63, 3.8) is 0 Å². The largest absolute Gasteiger partial charge is 0.331 e. The Hall–Kier alpha value is -2.27. The molecule has 1 N–H and O–H groups in total. The Morgan fingerprint density at radius 2 is 1.95 bits per heavy atom. The Bertz CT molecular complexity index is 907. The number of H-pyrrole nitrogens is 1. The lowest BCUT2D eigenvalue weighted by Crippen LogP contribution is -2.20. The van der Waals surface area contributed by atoms with Crippen LogP contribution in [-0.2, 0) is 0 Å². The summed E-state index contributed by atoms with van der Waals surface area (Å²) in [6.45, 7) is 1.77. The summed E-state index contributed by atoms with van der Waals surface area (Å²) in [4.78, 5) is 15.5. The second-order valence-corrected chi connectivity index (χ2v) is 4.99. The van der Waals surface area contributed by atoms with Crippen LogP contribution in [0, 0.1) is 17.5 Å². The number of hydrogen-bond donors (Lipinski definition) is 1. The molecule has 3 aromatic rings. The van der Waals surface area contributed by atoms with Gasteiger partial charge in [0.2, 0.25) is 0 Å². The van der Waals surface area contributed by atoms with Crippen LogP contribution in [0.4, 0.5) is 4.39 Å². The Kier molecular flexibility index (Phi) is 2.99. The number of hydrogen-bond acceptors (Lipinski definition) is 2. The molecule has 0 saturated carbocycles. The number of benzene rings is 2. The SMILES string of the molecule is Cc1cc(F)cc(-n2c(=S)[nH]c3ccccc3c2=O)c1. The van der Waals surface area contributed by atoms with Crippen LogP contribution in [0.5, 0.6) is 0 Å². The van der Waals surface area contributed by atoms with Gasteiger partial charge in [-0.3, -0.25) is 9.36 Å². The maximum absolute atomic E-state index is 13.5. The van der Waals surface area contributed by atoms with Crippen molar-refractivity contribution in [3.05, 3.63) is 69.0 Å². The minimum Gasteiger partial charge on any atom is -0.331 e. The number of aromatic amines is 1. The molecule has 0 spiro atoms. The monoisotopic (exact) mass is 286 g/mol. The van der Waals surface area contributed by atoms with E-state index in [0.29, 0.717) is 16.6 Å². The summed E-state index contributed by atoms with van der Waals surface area (Å²) >= 11 is 5.22. The van der Waals surface area contributed by atoms with Crippen LogP contribution in [0.3, 0.4) is 0 Å². The van der Waals surface area contributed by atoms with E-state index in [0.717, 1.165) is 5.56 Å². The van der Waals surface area contributed by atoms with E-state index in [1.165, 1.54) is 16.7 Å². The van der Waals surface area contributed by atoms with Gasteiger partial charge in [-0.1, -0.05) is 12.1 Å². The van der Waals surface area contributed by atoms with E-state index in [1.807, 2.05) is 6.07 Å². The van der Waals surface area contributed by atoms with Crippen molar-refractivity contribution in [2.45, 2.75) is 6.92 Å². The Balaban J connectivity index is 2.42. The average molecular weight is 286 g/mol. The predicted molar refractivity (Wildman–Crippen MR) is 79.4 cm³/mol. The van der Waals surface area contributed by atoms with Gasteiger partial charge in [-0.2, -0.15) is 0 Å². The smallest absolute Gasteiger partial charge is 0.266 e. The van der Waals surface area contributed by atoms with Gasteiger partial charge in [0.15, 0.2) is 4.77 Å². The van der Waals surface area contributed by atoms with Crippen molar-refractivity contribution in [1.82, 2.24) is 9.55 Å². The van der Waals surface area contributed by atoms with Crippen molar-refractivity contribution >= 4 is 23.1 Å². The Morgan fingerprint density at radius 1 is 1.20 bits per heavy atom. The molecule has 2 aromatic carbocycles. The number of rotatable bonds is 1. The summed E-state index contributed by atoms with van der Waals surface area (Å²) in [5.74, 6) is -0.394. The van der Waals surface area contributed by atoms with Crippen LogP contribution in [0.15, 0.2) is 47.3 Å². The van der Waals surface area contributed by atoms with Gasteiger partial charge < -0.3 is 4.98 Å². The fourth-order valence-electron chi connectivity index (χ4n) is 2.24. The highest BCUT2D eigenvalue weighted by atomic mass is 32.1. The number of aromatic nitrogens is 2. The molecule has 1 aromatic heterocycles. The van der Waals surface area contributed by atoms with E-state index in [-0.39, 0.29) is 10.3 Å². The van der Waals surface area contributed by atoms with Gasteiger partial charge in [-0.25, -0.2) is 4.39 Å². The molecule has 0 fully saturated rings. The third kappa shape index (κ3) is 2.06. The standard InChI is InChI=1S/C15H11FN2OS/c1-9-6-10(16)8-11(7-9)18-14(19)12-4-2-3-5-13(12)17-15(18)20/h2-8H,1H3,(H,17,20). The first-order valence-corrected chi connectivity index (χ1v) is 6.49. The highest BCUT2D eigenvalue weighted by Gasteiger charge is 2.08. The van der Waals surface area contributed by atoms with E-state index >= 15 is 0 Å². The first-order chi connectivity index (χ1) is 9.56. The maximum Gasteiger partial charge on any atom is 0.266 e. The molecule has 100 valence electrons. The van der Waals surface area contributed by atoms with Crippen molar-refractivity contribution in [2.75, 3.05) is 0 Å². The number of halogens is 1. The highest BCUT2D eigenvalue weighted by Crippen LogP contribution is 2.14. The lowest BCUT2D eigenvalue weighted by atomic mass is 10.2. The van der Waals surface area contributed by atoms with Crippen LogP contribution in [0.2, 0.25) is 0 Å². The van der Waals surface area contributed by atoms with Gasteiger partial charge in [0.25, 0.3) is 5.56 Å². The van der Waals surface area contributed by atoms with Gasteiger partial charge in [-0.15, -0.1) is 0 Å². The lowest BCUT2D eigenvalue weighted by Gasteiger charge is -2.09. The van der Waals surface area contributed by atoms with Gasteiger partial charge in [0.05, 0.1) is 16.6 Å². The van der Waals surface area contributed by atoms with E-state index in [1.54, 1.807) is 31.2 Å². The molecular weight excluding hydrogens is 275 g/mol. The second-order valence-electron chi connectivity index (χ2n) is 4.60. The zero-order valence-corrected chi connectivity index (χ0v) is 11.5. The normalized spacial score (nSPS) is 10.9. The minimum absolute atomic E-state index is 0.249. The second kappa shape index (κ2) is 4.68. The average Bonchev–Trinajstić information content (AvgIpc) is 2.37. The number of aryl methyl sites for hydroxylation is 1. The molecule has 0 bridgehead atoms. The van der Waals surface area contributed by atoms with E-state index in [4.69, 9.17) is 12.2 Å². The molecule has 1 heterocycles. The van der Waals surface area contributed by atoms with Crippen LogP contribution < -0.4 is 5.56 Å². The Labute approximate surface area is 119 Å². The summed E-state index contributed by atoms with van der Waals surface area (Å²) < 4.78 is 15.1. The quantitative estimate of drug-likeness (QED) is 0.695. The molecular formula is C15H11FN2OS. The molecule has 0 aliphatic carbocycles. The molecule has 3 rings (SSSR count). The summed E-state index contributed by atoms with van der Waals surface area (Å²) in [5, 5.41) is 0.517. The van der Waals surface area contributed by atoms with Crippen LogP contribution in [-0.4, -0.2) is 9.55 Å². The van der Waals surface area contributed by atoms with Crippen molar-refractivity contribution in [3.8, 4) is 5.69 Å². The third-order valence-corrected chi connectivity index (χ3v) is 3.37. The van der Waals surface area contributed by atoms with Gasteiger partial charge in [0.1, 0.15) is 5.82 Å². The molecule has 5 heteroatoms. The van der Waals surface area contributed by atoms with Crippen molar-refractivity contribution < 1.29 is 4.39 Å². The zero-order chi connectivity index (χ0) is 14.3. The van der Waals surface area contributed by atoms with Crippen LogP contribution >= 0.6 is 12.2 Å². The molecule has 0 saturated heterocycles. The topological polar surface area (TPSA) is 37.8 Å². The molecule has 0 atom stereocenters. The van der Waals surface area contributed by atoms with Crippen LogP contribution in [0.25, 0.3) is 16.6 Å².